The Bertz CT molecular complexity index is 256. The summed E-state index contributed by atoms with van der Waals surface area (Å²) < 4.78 is 0. The summed E-state index contributed by atoms with van der Waals surface area (Å²) in [5, 5.41) is 11.3. The highest BCUT2D eigenvalue weighted by atomic mass is 16.3. The van der Waals surface area contributed by atoms with Gasteiger partial charge in [0, 0.05) is 26.6 Å². The molecule has 0 aromatic heterocycles. The van der Waals surface area contributed by atoms with Crippen LogP contribution in [0.25, 0.3) is 0 Å². The smallest absolute Gasteiger partial charge is 0.244 e. The number of carbonyl (C=O) groups is 2. The number of carbonyl (C=O) groups excluding carboxylic acids is 2. The number of aliphatic hydroxyl groups excluding tert-OH is 1. The van der Waals surface area contributed by atoms with Crippen LogP contribution in [0.1, 0.15) is 32.1 Å². The van der Waals surface area contributed by atoms with Crippen LogP contribution in [0.4, 0.5) is 0 Å². The maximum atomic E-state index is 11.8. The van der Waals surface area contributed by atoms with Crippen molar-refractivity contribution >= 4 is 11.8 Å². The van der Waals surface area contributed by atoms with Crippen LogP contribution in [0.3, 0.4) is 0 Å². The Morgan fingerprint density at radius 2 is 2.25 bits per heavy atom. The van der Waals surface area contributed by atoms with Gasteiger partial charge in [-0.05, 0) is 25.7 Å². The molecule has 5 nitrogen and oxygen atoms in total. The first kappa shape index (κ1) is 13.0. The maximum absolute atomic E-state index is 11.8. The number of hydrogen-bond donors (Lipinski definition) is 2. The van der Waals surface area contributed by atoms with Crippen LogP contribution in [0.5, 0.6) is 0 Å². The third kappa shape index (κ3) is 3.81. The van der Waals surface area contributed by atoms with E-state index in [-0.39, 0.29) is 24.5 Å². The number of amides is 2. The summed E-state index contributed by atoms with van der Waals surface area (Å²) in [4.78, 5) is 24.4. The summed E-state index contributed by atoms with van der Waals surface area (Å²) in [6.45, 7) is 0.890. The molecule has 1 atom stereocenters. The highest BCUT2D eigenvalue weighted by molar-refractivity contribution is 5.90. The lowest BCUT2D eigenvalue weighted by Crippen LogP contribution is -2.42. The lowest BCUT2D eigenvalue weighted by molar-refractivity contribution is -0.133. The van der Waals surface area contributed by atoms with Crippen molar-refractivity contribution in [3.05, 3.63) is 0 Å². The molecule has 0 spiro atoms. The Kier molecular flexibility index (Phi) is 5.25. The first-order valence-electron chi connectivity index (χ1n) is 5.80. The zero-order chi connectivity index (χ0) is 12.0. The van der Waals surface area contributed by atoms with Gasteiger partial charge in [0.25, 0.3) is 0 Å². The van der Waals surface area contributed by atoms with E-state index in [9.17, 15) is 9.59 Å². The fraction of sp³-hybridized carbons (Fsp3) is 0.818. The molecule has 1 fully saturated rings. The van der Waals surface area contributed by atoms with E-state index in [1.807, 2.05) is 0 Å². The molecule has 5 heteroatoms. The Labute approximate surface area is 95.8 Å². The van der Waals surface area contributed by atoms with Crippen molar-refractivity contribution in [2.45, 2.75) is 38.1 Å². The van der Waals surface area contributed by atoms with Crippen molar-refractivity contribution in [2.24, 2.45) is 0 Å². The Morgan fingerprint density at radius 1 is 1.50 bits per heavy atom. The average Bonchev–Trinajstić information content (AvgIpc) is 2.70. The number of likely N-dealkylation sites (N-methyl/N-ethyl adjacent to an activating group) is 1. The van der Waals surface area contributed by atoms with Gasteiger partial charge in [0.2, 0.25) is 11.8 Å². The summed E-state index contributed by atoms with van der Waals surface area (Å²) in [6, 6.07) is -0.324. The van der Waals surface area contributed by atoms with Crippen molar-refractivity contribution in [3.63, 3.8) is 0 Å². The third-order valence-electron chi connectivity index (χ3n) is 2.82. The number of nitrogens with zero attached hydrogens (tertiary/aromatic N) is 1. The van der Waals surface area contributed by atoms with Gasteiger partial charge in [-0.2, -0.15) is 0 Å². The Morgan fingerprint density at radius 3 is 2.81 bits per heavy atom. The van der Waals surface area contributed by atoms with Gasteiger partial charge in [0.1, 0.15) is 6.04 Å². The van der Waals surface area contributed by atoms with E-state index in [0.717, 1.165) is 19.3 Å². The molecule has 0 unspecified atom stereocenters. The molecule has 1 rings (SSSR count). The maximum Gasteiger partial charge on any atom is 0.244 e. The van der Waals surface area contributed by atoms with Crippen molar-refractivity contribution in [3.8, 4) is 0 Å². The highest BCUT2D eigenvalue weighted by Crippen LogP contribution is 2.09. The van der Waals surface area contributed by atoms with E-state index in [1.165, 1.54) is 0 Å². The van der Waals surface area contributed by atoms with E-state index < -0.39 is 0 Å². The summed E-state index contributed by atoms with van der Waals surface area (Å²) in [7, 11) is 1.76. The Balaban J connectivity index is 2.22. The van der Waals surface area contributed by atoms with Crippen molar-refractivity contribution in [2.75, 3.05) is 20.2 Å². The number of nitrogens with one attached hydrogen (secondary N) is 1. The van der Waals surface area contributed by atoms with Gasteiger partial charge in [-0.3, -0.25) is 9.59 Å². The van der Waals surface area contributed by atoms with E-state index in [4.69, 9.17) is 5.11 Å². The number of hydrogen-bond acceptors (Lipinski definition) is 3. The van der Waals surface area contributed by atoms with Crippen molar-refractivity contribution in [1.29, 1.82) is 0 Å². The summed E-state index contributed by atoms with van der Waals surface area (Å²) >= 11 is 0. The van der Waals surface area contributed by atoms with Gasteiger partial charge < -0.3 is 15.3 Å². The molecule has 2 amide bonds. The third-order valence-corrected chi connectivity index (χ3v) is 2.82. The summed E-state index contributed by atoms with van der Waals surface area (Å²) in [5.41, 5.74) is 0. The highest BCUT2D eigenvalue weighted by Gasteiger charge is 2.28. The molecule has 2 N–H and O–H groups in total. The minimum atomic E-state index is -0.324. The zero-order valence-electron chi connectivity index (χ0n) is 9.74. The fourth-order valence-electron chi connectivity index (χ4n) is 1.81. The molecule has 92 valence electrons. The van der Waals surface area contributed by atoms with Gasteiger partial charge in [0.15, 0.2) is 0 Å². The van der Waals surface area contributed by atoms with E-state index in [2.05, 4.69) is 5.32 Å². The molecule has 0 aromatic carbocycles. The lowest BCUT2D eigenvalue weighted by atomic mass is 10.2. The topological polar surface area (TPSA) is 69.6 Å². The summed E-state index contributed by atoms with van der Waals surface area (Å²) in [6.07, 6.45) is 3.66. The van der Waals surface area contributed by atoms with Crippen LogP contribution in [-0.2, 0) is 9.59 Å². The predicted octanol–water partition coefficient (Wildman–Crippen LogP) is -0.114. The SMILES string of the molecule is CN(CCCCCO)C(=O)[C@H]1CCC(=O)N1. The first-order valence-corrected chi connectivity index (χ1v) is 5.80. The Hall–Kier alpha value is -1.10. The number of rotatable bonds is 6. The molecule has 16 heavy (non-hydrogen) atoms. The number of aliphatic hydroxyl groups is 1. The molecular weight excluding hydrogens is 208 g/mol. The summed E-state index contributed by atoms with van der Waals surface area (Å²) in [5.74, 6) is -0.0399. The molecule has 1 saturated heterocycles. The quantitative estimate of drug-likeness (QED) is 0.623. The van der Waals surface area contributed by atoms with Crippen LogP contribution in [0.15, 0.2) is 0 Å². The van der Waals surface area contributed by atoms with Crippen LogP contribution in [0, 0.1) is 0 Å². The van der Waals surface area contributed by atoms with E-state index >= 15 is 0 Å². The minimum absolute atomic E-state index is 0.00477. The van der Waals surface area contributed by atoms with Crippen molar-refractivity contribution in [1.82, 2.24) is 10.2 Å². The van der Waals surface area contributed by atoms with Crippen LogP contribution in [0.2, 0.25) is 0 Å². The molecular formula is C11H20N2O3. The second kappa shape index (κ2) is 6.48. The number of unbranched alkanes of at least 4 members (excludes halogenated alkanes) is 2. The monoisotopic (exact) mass is 228 g/mol. The average molecular weight is 228 g/mol. The zero-order valence-corrected chi connectivity index (χ0v) is 9.74. The van der Waals surface area contributed by atoms with Gasteiger partial charge in [-0.1, -0.05) is 0 Å². The largest absolute Gasteiger partial charge is 0.396 e. The molecule has 0 saturated carbocycles. The normalized spacial score (nSPS) is 19.6. The van der Waals surface area contributed by atoms with Gasteiger partial charge in [-0.15, -0.1) is 0 Å². The second-order valence-electron chi connectivity index (χ2n) is 4.20. The molecule has 0 aliphatic carbocycles. The molecule has 1 aliphatic rings. The van der Waals surface area contributed by atoms with E-state index in [1.54, 1.807) is 11.9 Å². The van der Waals surface area contributed by atoms with Gasteiger partial charge in [0.05, 0.1) is 0 Å². The van der Waals surface area contributed by atoms with Crippen LogP contribution >= 0.6 is 0 Å². The van der Waals surface area contributed by atoms with Crippen LogP contribution < -0.4 is 5.32 Å². The molecule has 1 aliphatic heterocycles. The second-order valence-corrected chi connectivity index (χ2v) is 4.20. The molecule has 1 heterocycles. The predicted molar refractivity (Wildman–Crippen MR) is 59.7 cm³/mol. The standard InChI is InChI=1S/C11H20N2O3/c1-13(7-3-2-4-8-14)11(16)9-5-6-10(15)12-9/h9,14H,2-8H2,1H3,(H,12,15)/t9-/m1/s1. The van der Waals surface area contributed by atoms with Gasteiger partial charge in [-0.25, -0.2) is 0 Å². The molecule has 0 aromatic rings. The van der Waals surface area contributed by atoms with Gasteiger partial charge >= 0.3 is 0 Å². The minimum Gasteiger partial charge on any atom is -0.396 e. The molecule has 0 radical (unpaired) electrons. The van der Waals surface area contributed by atoms with Crippen molar-refractivity contribution < 1.29 is 14.7 Å². The van der Waals surface area contributed by atoms with E-state index in [0.29, 0.717) is 19.4 Å². The fourth-order valence-corrected chi connectivity index (χ4v) is 1.81. The van der Waals surface area contributed by atoms with Crippen LogP contribution in [-0.4, -0.2) is 48.1 Å². The lowest BCUT2D eigenvalue weighted by Gasteiger charge is -2.20. The first-order chi connectivity index (χ1) is 7.65. The molecule has 0 bridgehead atoms.